The minimum absolute atomic E-state index is 0.0471. The number of hydrogen-bond donors (Lipinski definition) is 1. The van der Waals surface area contributed by atoms with Crippen molar-refractivity contribution in [2.45, 2.75) is 24.7 Å². The monoisotopic (exact) mass is 389 g/mol. The first-order valence-corrected chi connectivity index (χ1v) is 10.2. The highest BCUT2D eigenvalue weighted by Crippen LogP contribution is 2.21. The van der Waals surface area contributed by atoms with Crippen LogP contribution in [0, 0.1) is 11.3 Å². The lowest BCUT2D eigenvalue weighted by Gasteiger charge is -2.27. The van der Waals surface area contributed by atoms with E-state index in [-0.39, 0.29) is 5.56 Å². The van der Waals surface area contributed by atoms with Crippen molar-refractivity contribution < 1.29 is 0 Å². The highest BCUT2D eigenvalue weighted by molar-refractivity contribution is 7.98. The lowest BCUT2D eigenvalue weighted by molar-refractivity contribution is 0.238. The Bertz CT molecular complexity index is 1120. The lowest BCUT2D eigenvalue weighted by Crippen LogP contribution is -2.35. The van der Waals surface area contributed by atoms with Gasteiger partial charge >= 0.3 is 0 Å². The number of hydrogen-bond acceptors (Lipinski definition) is 6. The van der Waals surface area contributed by atoms with E-state index in [1.807, 2.05) is 42.7 Å². The molecular weight excluding hydrogens is 370 g/mol. The van der Waals surface area contributed by atoms with Crippen molar-refractivity contribution in [1.29, 1.82) is 5.26 Å². The van der Waals surface area contributed by atoms with Crippen molar-refractivity contribution in [3.05, 3.63) is 75.3 Å². The zero-order chi connectivity index (χ0) is 19.5. The molecule has 0 unspecified atom stereocenters. The van der Waals surface area contributed by atoms with Gasteiger partial charge in [-0.2, -0.15) is 5.26 Å². The molecule has 0 aliphatic carbocycles. The molecule has 0 bridgehead atoms. The number of pyridine rings is 1. The number of benzene rings is 1. The fourth-order valence-electron chi connectivity index (χ4n) is 3.40. The largest absolute Gasteiger partial charge is 0.301 e. The molecule has 2 aromatic heterocycles. The van der Waals surface area contributed by atoms with Crippen molar-refractivity contribution in [1.82, 2.24) is 19.9 Å². The van der Waals surface area contributed by atoms with Gasteiger partial charge in [0.1, 0.15) is 0 Å². The zero-order valence-electron chi connectivity index (χ0n) is 15.5. The van der Waals surface area contributed by atoms with E-state index in [1.54, 1.807) is 6.07 Å². The second-order valence-electron chi connectivity index (χ2n) is 6.67. The molecule has 6 nitrogen and oxygen atoms in total. The SMILES string of the molecule is CSc1nc2c(c(=O)[nH]1)CN(Cc1cccc(-c3cccc(C#N)c3)n1)CC2. The average molecular weight is 389 g/mol. The molecule has 140 valence electrons. The number of rotatable bonds is 4. The second kappa shape index (κ2) is 7.97. The van der Waals surface area contributed by atoms with E-state index < -0.39 is 0 Å². The number of nitrogens with zero attached hydrogens (tertiary/aromatic N) is 4. The number of aromatic amines is 1. The molecule has 4 rings (SSSR count). The van der Waals surface area contributed by atoms with Crippen molar-refractivity contribution >= 4 is 11.8 Å². The minimum Gasteiger partial charge on any atom is -0.301 e. The van der Waals surface area contributed by atoms with Crippen LogP contribution in [0.25, 0.3) is 11.3 Å². The van der Waals surface area contributed by atoms with Crippen LogP contribution in [0.2, 0.25) is 0 Å². The van der Waals surface area contributed by atoms with Gasteiger partial charge in [0, 0.05) is 31.6 Å². The summed E-state index contributed by atoms with van der Waals surface area (Å²) >= 11 is 1.45. The Morgan fingerprint density at radius 1 is 1.25 bits per heavy atom. The topological polar surface area (TPSA) is 85.7 Å². The molecule has 3 aromatic rings. The quantitative estimate of drug-likeness (QED) is 0.545. The Kier molecular flexibility index (Phi) is 5.24. The number of nitrogens with one attached hydrogen (secondary N) is 1. The van der Waals surface area contributed by atoms with E-state index in [2.05, 4.69) is 20.9 Å². The van der Waals surface area contributed by atoms with Crippen molar-refractivity contribution in [2.24, 2.45) is 0 Å². The molecule has 0 fully saturated rings. The molecule has 7 heteroatoms. The van der Waals surface area contributed by atoms with Crippen molar-refractivity contribution in [3.63, 3.8) is 0 Å². The first-order valence-electron chi connectivity index (χ1n) is 9.01. The van der Waals surface area contributed by atoms with Crippen LogP contribution in [0.15, 0.2) is 52.4 Å². The fourth-order valence-corrected chi connectivity index (χ4v) is 3.79. The Morgan fingerprint density at radius 3 is 2.93 bits per heavy atom. The highest BCUT2D eigenvalue weighted by Gasteiger charge is 2.21. The first-order chi connectivity index (χ1) is 13.7. The van der Waals surface area contributed by atoms with Crippen LogP contribution in [0.5, 0.6) is 0 Å². The summed E-state index contributed by atoms with van der Waals surface area (Å²) in [6.07, 6.45) is 2.67. The van der Waals surface area contributed by atoms with Crippen LogP contribution in [-0.4, -0.2) is 32.7 Å². The molecule has 0 saturated carbocycles. The summed E-state index contributed by atoms with van der Waals surface area (Å²) in [5, 5.41) is 9.78. The lowest BCUT2D eigenvalue weighted by atomic mass is 10.1. The standard InChI is InChI=1S/C21H19N5OS/c1-28-21-24-19-8-9-26(13-17(19)20(27)25-21)12-16-6-3-7-18(23-16)15-5-2-4-14(10-15)11-22/h2-7,10H,8-9,12-13H2,1H3,(H,24,25,27). The second-order valence-corrected chi connectivity index (χ2v) is 7.46. The Balaban J connectivity index is 1.54. The Morgan fingerprint density at radius 2 is 2.11 bits per heavy atom. The van der Waals surface area contributed by atoms with Crippen LogP contribution in [-0.2, 0) is 19.5 Å². The van der Waals surface area contributed by atoms with E-state index >= 15 is 0 Å². The summed E-state index contributed by atoms with van der Waals surface area (Å²) in [5.74, 6) is 0. The molecule has 1 aliphatic rings. The first kappa shape index (κ1) is 18.4. The fraction of sp³-hybridized carbons (Fsp3) is 0.238. The Labute approximate surface area is 167 Å². The molecule has 1 N–H and O–H groups in total. The molecule has 28 heavy (non-hydrogen) atoms. The third kappa shape index (κ3) is 3.84. The number of aromatic nitrogens is 3. The molecule has 1 aliphatic heterocycles. The van der Waals surface area contributed by atoms with Crippen molar-refractivity contribution in [2.75, 3.05) is 12.8 Å². The van der Waals surface area contributed by atoms with E-state index in [0.29, 0.717) is 23.8 Å². The number of nitriles is 1. The number of thioether (sulfide) groups is 1. The third-order valence-corrected chi connectivity index (χ3v) is 5.38. The summed E-state index contributed by atoms with van der Waals surface area (Å²) in [6, 6.07) is 15.5. The Hall–Kier alpha value is -2.95. The van der Waals surface area contributed by atoms with Gasteiger partial charge in [0.15, 0.2) is 5.16 Å². The maximum atomic E-state index is 12.4. The van der Waals surface area contributed by atoms with E-state index in [9.17, 15) is 4.79 Å². The van der Waals surface area contributed by atoms with Gasteiger partial charge in [-0.05, 0) is 30.5 Å². The molecule has 3 heterocycles. The van der Waals surface area contributed by atoms with Gasteiger partial charge in [-0.1, -0.05) is 30.0 Å². The maximum absolute atomic E-state index is 12.4. The van der Waals surface area contributed by atoms with Crippen molar-refractivity contribution in [3.8, 4) is 17.3 Å². The summed E-state index contributed by atoms with van der Waals surface area (Å²) < 4.78 is 0. The van der Waals surface area contributed by atoms with Gasteiger partial charge in [0.2, 0.25) is 0 Å². The van der Waals surface area contributed by atoms with Gasteiger partial charge in [-0.3, -0.25) is 14.7 Å². The molecule has 0 amide bonds. The summed E-state index contributed by atoms with van der Waals surface area (Å²) in [4.78, 5) is 26.7. The van der Waals surface area contributed by atoms with Crippen LogP contribution >= 0.6 is 11.8 Å². The van der Waals surface area contributed by atoms with Gasteiger partial charge < -0.3 is 4.98 Å². The molecule has 0 spiro atoms. The summed E-state index contributed by atoms with van der Waals surface area (Å²) in [5.41, 5.74) is 4.93. The van der Waals surface area contributed by atoms with E-state index in [1.165, 1.54) is 11.8 Å². The number of H-pyrrole nitrogens is 1. The van der Waals surface area contributed by atoms with Crippen LogP contribution in [0.3, 0.4) is 0 Å². The maximum Gasteiger partial charge on any atom is 0.256 e. The highest BCUT2D eigenvalue weighted by atomic mass is 32.2. The molecule has 0 radical (unpaired) electrons. The predicted octanol–water partition coefficient (Wildman–Crippen LogP) is 2.98. The smallest absolute Gasteiger partial charge is 0.256 e. The molecule has 1 aromatic carbocycles. The average Bonchev–Trinajstić information content (AvgIpc) is 2.74. The number of fused-ring (bicyclic) bond motifs is 1. The molecular formula is C21H19N5OS. The molecule has 0 saturated heterocycles. The normalized spacial score (nSPS) is 13.7. The minimum atomic E-state index is -0.0471. The van der Waals surface area contributed by atoms with E-state index in [4.69, 9.17) is 10.2 Å². The van der Waals surface area contributed by atoms with Gasteiger partial charge in [0.05, 0.1) is 34.3 Å². The van der Waals surface area contributed by atoms with Crippen LogP contribution in [0.4, 0.5) is 0 Å². The molecule has 0 atom stereocenters. The summed E-state index contributed by atoms with van der Waals surface area (Å²) in [7, 11) is 0. The van der Waals surface area contributed by atoms with Crippen LogP contribution < -0.4 is 5.56 Å². The summed E-state index contributed by atoms with van der Waals surface area (Å²) in [6.45, 7) is 2.07. The predicted molar refractivity (Wildman–Crippen MR) is 109 cm³/mol. The van der Waals surface area contributed by atoms with Gasteiger partial charge in [0.25, 0.3) is 5.56 Å². The van der Waals surface area contributed by atoms with E-state index in [0.717, 1.165) is 41.2 Å². The third-order valence-electron chi connectivity index (χ3n) is 4.80. The van der Waals surface area contributed by atoms with Crippen LogP contribution in [0.1, 0.15) is 22.5 Å². The van der Waals surface area contributed by atoms with Gasteiger partial charge in [-0.25, -0.2) is 4.98 Å². The zero-order valence-corrected chi connectivity index (χ0v) is 16.3. The van der Waals surface area contributed by atoms with Gasteiger partial charge in [-0.15, -0.1) is 0 Å².